The summed E-state index contributed by atoms with van der Waals surface area (Å²) < 4.78 is 0. The van der Waals surface area contributed by atoms with Gasteiger partial charge < -0.3 is 10.6 Å². The molecule has 9 heteroatoms. The molecule has 0 aliphatic heterocycles. The third kappa shape index (κ3) is 4.98. The molecule has 2 N–H and O–H groups in total. The number of halogens is 1. The standard InChI is InChI=1S/C16H15ClN4O4/c1-10-2-3-11(9-20-10)15(22)18-6-7-19-16(23)13-5-4-12(21(24)25)8-14(13)17/h2-5,8-9H,6-7H2,1H3,(H,18,22)(H,19,23). The lowest BCUT2D eigenvalue weighted by molar-refractivity contribution is -0.384. The van der Waals surface area contributed by atoms with Crippen LogP contribution in [0.5, 0.6) is 0 Å². The van der Waals surface area contributed by atoms with Gasteiger partial charge in [0.05, 0.1) is 21.1 Å². The fraction of sp³-hybridized carbons (Fsp3) is 0.188. The number of nitrogens with zero attached hydrogens (tertiary/aromatic N) is 2. The predicted octanol–water partition coefficient (Wildman–Crippen LogP) is 2.11. The van der Waals surface area contributed by atoms with Crippen LogP contribution in [-0.4, -0.2) is 34.8 Å². The molecule has 0 atom stereocenters. The second-order valence-electron chi connectivity index (χ2n) is 5.12. The minimum absolute atomic E-state index is 0.0125. The zero-order chi connectivity index (χ0) is 18.4. The Balaban J connectivity index is 1.83. The zero-order valence-corrected chi connectivity index (χ0v) is 14.0. The molecule has 1 heterocycles. The quantitative estimate of drug-likeness (QED) is 0.464. The number of nitro benzene ring substituents is 1. The number of benzene rings is 1. The van der Waals surface area contributed by atoms with Crippen molar-refractivity contribution in [3.05, 3.63) is 68.5 Å². The van der Waals surface area contributed by atoms with Gasteiger partial charge in [-0.15, -0.1) is 0 Å². The molecule has 2 rings (SSSR count). The molecule has 130 valence electrons. The van der Waals surface area contributed by atoms with E-state index in [0.717, 1.165) is 11.8 Å². The molecule has 25 heavy (non-hydrogen) atoms. The van der Waals surface area contributed by atoms with Crippen LogP contribution < -0.4 is 10.6 Å². The van der Waals surface area contributed by atoms with Crippen molar-refractivity contribution in [1.29, 1.82) is 0 Å². The fourth-order valence-electron chi connectivity index (χ4n) is 1.95. The molecular formula is C16H15ClN4O4. The maximum Gasteiger partial charge on any atom is 0.270 e. The van der Waals surface area contributed by atoms with Gasteiger partial charge in [-0.3, -0.25) is 24.7 Å². The summed E-state index contributed by atoms with van der Waals surface area (Å²) in [7, 11) is 0. The van der Waals surface area contributed by atoms with Crippen molar-refractivity contribution in [2.75, 3.05) is 13.1 Å². The first-order valence-corrected chi connectivity index (χ1v) is 7.69. The number of carbonyl (C=O) groups is 2. The summed E-state index contributed by atoms with van der Waals surface area (Å²) in [5, 5.41) is 15.9. The van der Waals surface area contributed by atoms with Gasteiger partial charge in [-0.2, -0.15) is 0 Å². The normalized spacial score (nSPS) is 10.2. The highest BCUT2D eigenvalue weighted by atomic mass is 35.5. The zero-order valence-electron chi connectivity index (χ0n) is 13.3. The van der Waals surface area contributed by atoms with Crippen LogP contribution in [0.1, 0.15) is 26.4 Å². The lowest BCUT2D eigenvalue weighted by Gasteiger charge is -2.08. The average Bonchev–Trinajstić information content (AvgIpc) is 2.58. The maximum atomic E-state index is 12.0. The summed E-state index contributed by atoms with van der Waals surface area (Å²) in [6, 6.07) is 6.99. The van der Waals surface area contributed by atoms with Crippen LogP contribution in [0.3, 0.4) is 0 Å². The number of rotatable bonds is 6. The van der Waals surface area contributed by atoms with Crippen LogP contribution >= 0.6 is 11.6 Å². The summed E-state index contributed by atoms with van der Waals surface area (Å²) >= 11 is 5.88. The van der Waals surface area contributed by atoms with E-state index in [1.54, 1.807) is 12.1 Å². The van der Waals surface area contributed by atoms with Gasteiger partial charge in [0.1, 0.15) is 0 Å². The van der Waals surface area contributed by atoms with Crippen molar-refractivity contribution < 1.29 is 14.5 Å². The van der Waals surface area contributed by atoms with Gasteiger partial charge in [0, 0.05) is 37.1 Å². The number of nitro groups is 1. The number of aromatic nitrogens is 1. The first-order valence-electron chi connectivity index (χ1n) is 7.31. The Morgan fingerprint density at radius 3 is 2.40 bits per heavy atom. The number of pyridine rings is 1. The Hall–Kier alpha value is -3.00. The Morgan fingerprint density at radius 2 is 1.84 bits per heavy atom. The Labute approximate surface area is 148 Å². The monoisotopic (exact) mass is 362 g/mol. The van der Waals surface area contributed by atoms with Gasteiger partial charge in [0.25, 0.3) is 17.5 Å². The van der Waals surface area contributed by atoms with E-state index in [9.17, 15) is 19.7 Å². The largest absolute Gasteiger partial charge is 0.350 e. The van der Waals surface area contributed by atoms with E-state index in [-0.39, 0.29) is 35.3 Å². The van der Waals surface area contributed by atoms with Crippen molar-refractivity contribution in [1.82, 2.24) is 15.6 Å². The summed E-state index contributed by atoms with van der Waals surface area (Å²) in [6.07, 6.45) is 1.47. The molecule has 0 aliphatic rings. The first kappa shape index (κ1) is 18.3. The third-order valence-electron chi connectivity index (χ3n) is 3.28. The van der Waals surface area contributed by atoms with Crippen LogP contribution in [0.15, 0.2) is 36.5 Å². The van der Waals surface area contributed by atoms with E-state index < -0.39 is 10.8 Å². The van der Waals surface area contributed by atoms with Gasteiger partial charge in [0.15, 0.2) is 0 Å². The van der Waals surface area contributed by atoms with Gasteiger partial charge in [0.2, 0.25) is 0 Å². The molecule has 0 spiro atoms. The smallest absolute Gasteiger partial charge is 0.270 e. The molecule has 0 fully saturated rings. The molecule has 0 bridgehead atoms. The van der Waals surface area contributed by atoms with E-state index in [4.69, 9.17) is 11.6 Å². The van der Waals surface area contributed by atoms with Gasteiger partial charge in [-0.25, -0.2) is 0 Å². The summed E-state index contributed by atoms with van der Waals surface area (Å²) in [5.74, 6) is -0.777. The van der Waals surface area contributed by atoms with Crippen molar-refractivity contribution in [3.8, 4) is 0 Å². The lowest BCUT2D eigenvalue weighted by Crippen LogP contribution is -2.34. The van der Waals surface area contributed by atoms with E-state index in [2.05, 4.69) is 15.6 Å². The molecule has 0 aliphatic carbocycles. The summed E-state index contributed by atoms with van der Waals surface area (Å²) in [5.41, 5.74) is 1.17. The number of amides is 2. The van der Waals surface area contributed by atoms with E-state index >= 15 is 0 Å². The minimum Gasteiger partial charge on any atom is -0.350 e. The molecule has 1 aromatic heterocycles. The topological polar surface area (TPSA) is 114 Å². The van der Waals surface area contributed by atoms with Gasteiger partial charge in [-0.1, -0.05) is 11.6 Å². The Morgan fingerprint density at radius 1 is 1.16 bits per heavy atom. The Bertz CT molecular complexity index is 808. The van der Waals surface area contributed by atoms with E-state index in [1.807, 2.05) is 6.92 Å². The van der Waals surface area contributed by atoms with Gasteiger partial charge in [-0.05, 0) is 25.1 Å². The third-order valence-corrected chi connectivity index (χ3v) is 3.59. The van der Waals surface area contributed by atoms with E-state index in [1.165, 1.54) is 18.3 Å². The van der Waals surface area contributed by atoms with Crippen LogP contribution in [0.4, 0.5) is 5.69 Å². The molecule has 2 aromatic rings. The van der Waals surface area contributed by atoms with Crippen LogP contribution in [-0.2, 0) is 0 Å². The van der Waals surface area contributed by atoms with Crippen LogP contribution in [0.2, 0.25) is 5.02 Å². The first-order chi connectivity index (χ1) is 11.9. The second-order valence-corrected chi connectivity index (χ2v) is 5.53. The highest BCUT2D eigenvalue weighted by Gasteiger charge is 2.14. The number of carbonyl (C=O) groups excluding carboxylic acids is 2. The van der Waals surface area contributed by atoms with Crippen molar-refractivity contribution in [3.63, 3.8) is 0 Å². The van der Waals surface area contributed by atoms with Crippen molar-refractivity contribution in [2.45, 2.75) is 6.92 Å². The molecule has 0 unspecified atom stereocenters. The SMILES string of the molecule is Cc1ccc(C(=O)NCCNC(=O)c2ccc([N+](=O)[O-])cc2Cl)cn1. The number of non-ortho nitro benzene ring substituents is 1. The molecule has 2 amide bonds. The number of aryl methyl sites for hydroxylation is 1. The minimum atomic E-state index is -0.594. The maximum absolute atomic E-state index is 12.0. The molecule has 8 nitrogen and oxygen atoms in total. The Kier molecular flexibility index (Phi) is 6.02. The second kappa shape index (κ2) is 8.20. The van der Waals surface area contributed by atoms with E-state index in [0.29, 0.717) is 5.56 Å². The molecule has 1 aromatic carbocycles. The van der Waals surface area contributed by atoms with Crippen LogP contribution in [0, 0.1) is 17.0 Å². The summed E-state index contributed by atoms with van der Waals surface area (Å²) in [6.45, 7) is 2.21. The number of hydrogen-bond donors (Lipinski definition) is 2. The average molecular weight is 363 g/mol. The predicted molar refractivity (Wildman–Crippen MR) is 91.7 cm³/mol. The lowest BCUT2D eigenvalue weighted by atomic mass is 10.2. The fourth-order valence-corrected chi connectivity index (χ4v) is 2.21. The van der Waals surface area contributed by atoms with Crippen molar-refractivity contribution >= 4 is 29.1 Å². The highest BCUT2D eigenvalue weighted by Crippen LogP contribution is 2.22. The summed E-state index contributed by atoms with van der Waals surface area (Å²) in [4.78, 5) is 38.0. The molecule has 0 saturated heterocycles. The van der Waals surface area contributed by atoms with Crippen LogP contribution in [0.25, 0.3) is 0 Å². The van der Waals surface area contributed by atoms with Gasteiger partial charge >= 0.3 is 0 Å². The molecule has 0 radical (unpaired) electrons. The molecular weight excluding hydrogens is 348 g/mol. The van der Waals surface area contributed by atoms with Crippen molar-refractivity contribution in [2.24, 2.45) is 0 Å². The molecule has 0 saturated carbocycles. The number of nitrogens with one attached hydrogen (secondary N) is 2. The highest BCUT2D eigenvalue weighted by molar-refractivity contribution is 6.34. The number of hydrogen-bond acceptors (Lipinski definition) is 5.